The number of fused-ring (bicyclic) bond motifs is 1. The van der Waals surface area contributed by atoms with E-state index in [9.17, 15) is 18.0 Å². The molecule has 2 aromatic rings. The number of rotatable bonds is 3. The van der Waals surface area contributed by atoms with Crippen LogP contribution in [0.5, 0.6) is 0 Å². The van der Waals surface area contributed by atoms with E-state index in [4.69, 9.17) is 0 Å². The highest BCUT2D eigenvalue weighted by atomic mass is 19.4. The van der Waals surface area contributed by atoms with Gasteiger partial charge < -0.3 is 0 Å². The lowest BCUT2D eigenvalue weighted by molar-refractivity contribution is -0.191. The summed E-state index contributed by atoms with van der Waals surface area (Å²) in [5.41, 5.74) is 3.58. The van der Waals surface area contributed by atoms with Crippen LogP contribution in [0.3, 0.4) is 0 Å². The third-order valence-electron chi connectivity index (χ3n) is 4.12. The molecule has 1 aliphatic heterocycles. The Morgan fingerprint density at radius 3 is 2.48 bits per heavy atom. The fourth-order valence-electron chi connectivity index (χ4n) is 2.94. The van der Waals surface area contributed by atoms with E-state index in [1.165, 1.54) is 6.07 Å². The lowest BCUT2D eigenvalue weighted by atomic mass is 9.99. The van der Waals surface area contributed by atoms with Gasteiger partial charge in [-0.3, -0.25) is 10.2 Å². The van der Waals surface area contributed by atoms with Gasteiger partial charge in [0.15, 0.2) is 0 Å². The molecule has 6 heteroatoms. The van der Waals surface area contributed by atoms with Crippen LogP contribution in [0.15, 0.2) is 36.4 Å². The molecule has 3 rings (SSSR count). The van der Waals surface area contributed by atoms with Crippen molar-refractivity contribution in [1.82, 2.24) is 10.4 Å². The number of amides is 1. The van der Waals surface area contributed by atoms with E-state index >= 15 is 0 Å². The molecule has 1 amide bonds. The van der Waals surface area contributed by atoms with Gasteiger partial charge in [0.25, 0.3) is 0 Å². The van der Waals surface area contributed by atoms with Crippen molar-refractivity contribution in [3.05, 3.63) is 47.5 Å². The maximum absolute atomic E-state index is 13.5. The third kappa shape index (κ3) is 3.17. The lowest BCUT2D eigenvalue weighted by Crippen LogP contribution is -2.43. The van der Waals surface area contributed by atoms with Crippen molar-refractivity contribution < 1.29 is 18.0 Å². The first-order chi connectivity index (χ1) is 10.9. The van der Waals surface area contributed by atoms with Gasteiger partial charge in [-0.2, -0.15) is 13.2 Å². The van der Waals surface area contributed by atoms with Gasteiger partial charge in [0.2, 0.25) is 5.91 Å². The summed E-state index contributed by atoms with van der Waals surface area (Å²) in [4.78, 5) is 11.3. The molecule has 23 heavy (non-hydrogen) atoms. The van der Waals surface area contributed by atoms with Crippen LogP contribution in [0.1, 0.15) is 30.5 Å². The van der Waals surface area contributed by atoms with Gasteiger partial charge in [-0.15, -0.1) is 0 Å². The fourth-order valence-corrected chi connectivity index (χ4v) is 2.94. The van der Waals surface area contributed by atoms with Crippen molar-refractivity contribution in [2.24, 2.45) is 0 Å². The molecule has 1 atom stereocenters. The first-order valence-electron chi connectivity index (χ1n) is 7.54. The zero-order chi connectivity index (χ0) is 16.6. The Hall–Kier alpha value is -2.08. The minimum atomic E-state index is -4.46. The van der Waals surface area contributed by atoms with Crippen LogP contribution < -0.4 is 5.43 Å². The number of nitrogens with zero attached hydrogens (tertiary/aromatic N) is 1. The van der Waals surface area contributed by atoms with Gasteiger partial charge in [0.1, 0.15) is 6.04 Å². The molecule has 0 unspecified atom stereocenters. The van der Waals surface area contributed by atoms with Crippen molar-refractivity contribution >= 4 is 16.7 Å². The molecule has 0 spiro atoms. The second-order valence-corrected chi connectivity index (χ2v) is 5.72. The Kier molecular flexibility index (Phi) is 4.02. The summed E-state index contributed by atoms with van der Waals surface area (Å²) in [7, 11) is 0. The average molecular weight is 322 g/mol. The second-order valence-electron chi connectivity index (χ2n) is 5.72. The summed E-state index contributed by atoms with van der Waals surface area (Å²) in [6, 6.07) is 8.67. The number of carbonyl (C=O) groups is 1. The van der Waals surface area contributed by atoms with Crippen molar-refractivity contribution in [3.8, 4) is 0 Å². The molecular weight excluding hydrogens is 305 g/mol. The smallest absolute Gasteiger partial charge is 0.288 e. The molecule has 3 nitrogen and oxygen atoms in total. The molecule has 0 bridgehead atoms. The predicted molar refractivity (Wildman–Crippen MR) is 81.6 cm³/mol. The number of carbonyl (C=O) groups excluding carboxylic acids is 1. The van der Waals surface area contributed by atoms with Gasteiger partial charge in [-0.1, -0.05) is 37.3 Å². The van der Waals surface area contributed by atoms with Gasteiger partial charge >= 0.3 is 6.18 Å². The van der Waals surface area contributed by atoms with Gasteiger partial charge in [-0.25, -0.2) is 5.01 Å². The van der Waals surface area contributed by atoms with Crippen molar-refractivity contribution in [3.63, 3.8) is 0 Å². The summed E-state index contributed by atoms with van der Waals surface area (Å²) in [6.45, 7) is 2.08. The number of aryl methyl sites for hydroxylation is 1. The van der Waals surface area contributed by atoms with Crippen LogP contribution in [0.2, 0.25) is 0 Å². The predicted octanol–water partition coefficient (Wildman–Crippen LogP) is 3.74. The molecular formula is C17H17F3N2O. The number of hydrazine groups is 1. The quantitative estimate of drug-likeness (QED) is 0.933. The lowest BCUT2D eigenvalue weighted by Gasteiger charge is -2.29. The maximum Gasteiger partial charge on any atom is 0.409 e. The summed E-state index contributed by atoms with van der Waals surface area (Å²) in [5, 5.41) is 2.66. The number of halogens is 3. The van der Waals surface area contributed by atoms with Crippen molar-refractivity contribution in [2.45, 2.75) is 32.0 Å². The topological polar surface area (TPSA) is 32.3 Å². The number of hydrogen-bond donors (Lipinski definition) is 1. The molecule has 1 fully saturated rings. The Morgan fingerprint density at radius 2 is 1.87 bits per heavy atom. The largest absolute Gasteiger partial charge is 0.409 e. The Bertz CT molecular complexity index is 742. The zero-order valence-corrected chi connectivity index (χ0v) is 12.7. The number of benzene rings is 2. The second kappa shape index (κ2) is 5.85. The summed E-state index contributed by atoms with van der Waals surface area (Å²) < 4.78 is 40.5. The summed E-state index contributed by atoms with van der Waals surface area (Å²) >= 11 is 0. The summed E-state index contributed by atoms with van der Waals surface area (Å²) in [6.07, 6.45) is -3.50. The highest BCUT2D eigenvalue weighted by molar-refractivity contribution is 5.84. The number of nitrogens with one attached hydrogen (secondary N) is 1. The molecule has 2 aromatic carbocycles. The van der Waals surface area contributed by atoms with Gasteiger partial charge in [0.05, 0.1) is 0 Å². The van der Waals surface area contributed by atoms with E-state index in [1.54, 1.807) is 12.1 Å². The molecule has 0 radical (unpaired) electrons. The van der Waals surface area contributed by atoms with E-state index in [0.717, 1.165) is 27.8 Å². The molecule has 1 N–H and O–H groups in total. The molecule has 1 saturated heterocycles. The normalized spacial score (nSPS) is 17.5. The van der Waals surface area contributed by atoms with E-state index in [2.05, 4.69) is 5.43 Å². The minimum Gasteiger partial charge on any atom is -0.288 e. The molecule has 1 aliphatic rings. The van der Waals surface area contributed by atoms with Gasteiger partial charge in [-0.05, 0) is 34.4 Å². The van der Waals surface area contributed by atoms with E-state index < -0.39 is 12.2 Å². The standard InChI is InChI=1S/C17H17F3N2O/c1-2-11-3-4-13-10-14(6-5-12(13)9-11)16(17(18,19)20)22-8-7-15(23)21-22/h3-6,9-10,16H,2,7-8H2,1H3,(H,21,23)/t16-/m0/s1. The summed E-state index contributed by atoms with van der Waals surface area (Å²) in [5.74, 6) is -0.382. The van der Waals surface area contributed by atoms with Crippen LogP contribution in [0.4, 0.5) is 13.2 Å². The first-order valence-corrected chi connectivity index (χ1v) is 7.54. The van der Waals surface area contributed by atoms with Crippen molar-refractivity contribution in [2.75, 3.05) is 6.54 Å². The van der Waals surface area contributed by atoms with Crippen LogP contribution >= 0.6 is 0 Å². The Balaban J connectivity index is 2.02. The fraction of sp³-hybridized carbons (Fsp3) is 0.353. The monoisotopic (exact) mass is 322 g/mol. The highest BCUT2D eigenvalue weighted by Crippen LogP contribution is 2.38. The Morgan fingerprint density at radius 1 is 1.17 bits per heavy atom. The molecule has 0 aromatic heterocycles. The van der Waals surface area contributed by atoms with E-state index in [1.807, 2.05) is 25.1 Å². The van der Waals surface area contributed by atoms with Gasteiger partial charge in [0, 0.05) is 13.0 Å². The van der Waals surface area contributed by atoms with Crippen LogP contribution in [0.25, 0.3) is 10.8 Å². The first kappa shape index (κ1) is 15.8. The van der Waals surface area contributed by atoms with E-state index in [0.29, 0.717) is 0 Å². The average Bonchev–Trinajstić information content (AvgIpc) is 2.91. The molecule has 0 aliphatic carbocycles. The van der Waals surface area contributed by atoms with Crippen LogP contribution in [0, 0.1) is 0 Å². The number of alkyl halides is 3. The Labute approximate surface area is 132 Å². The van der Waals surface area contributed by atoms with E-state index in [-0.39, 0.29) is 24.4 Å². The van der Waals surface area contributed by atoms with Crippen LogP contribution in [-0.2, 0) is 11.2 Å². The molecule has 122 valence electrons. The molecule has 1 heterocycles. The number of hydrogen-bond acceptors (Lipinski definition) is 2. The zero-order valence-electron chi connectivity index (χ0n) is 12.7. The highest BCUT2D eigenvalue weighted by Gasteiger charge is 2.46. The minimum absolute atomic E-state index is 0.0514. The third-order valence-corrected chi connectivity index (χ3v) is 4.12. The SMILES string of the molecule is CCc1ccc2cc([C@H](N3CCC(=O)N3)C(F)(F)F)ccc2c1. The maximum atomic E-state index is 13.5. The van der Waals surface area contributed by atoms with Crippen LogP contribution in [-0.4, -0.2) is 23.6 Å². The van der Waals surface area contributed by atoms with Crippen molar-refractivity contribution in [1.29, 1.82) is 0 Å². The molecule has 0 saturated carbocycles.